The van der Waals surface area contributed by atoms with Gasteiger partial charge in [0, 0.05) is 0 Å². The van der Waals surface area contributed by atoms with E-state index >= 15 is 0 Å². The number of nitrogens with one attached hydrogen (secondary N) is 1. The van der Waals surface area contributed by atoms with Gasteiger partial charge >= 0.3 is 0 Å². The van der Waals surface area contributed by atoms with E-state index in [9.17, 15) is 0 Å². The number of furan rings is 1. The summed E-state index contributed by atoms with van der Waals surface area (Å²) in [6, 6.07) is 2.07. The van der Waals surface area contributed by atoms with Crippen molar-refractivity contribution in [3.8, 4) is 0 Å². The Balaban J connectivity index is 2.32. The average molecular weight is 152 g/mol. The van der Waals surface area contributed by atoms with Crippen LogP contribution >= 0.6 is 0 Å². The van der Waals surface area contributed by atoms with E-state index in [1.54, 1.807) is 0 Å². The standard InChI is InChI=1S/C8H12N2O/c9-4-7-3-6-1-2-10-5-8(6)11-7/h3,10H,1-2,4-5,9H2. The van der Waals surface area contributed by atoms with Gasteiger partial charge in [-0.05, 0) is 24.6 Å². The molecule has 2 rings (SSSR count). The Bertz CT molecular complexity index is 231. The second kappa shape index (κ2) is 2.68. The summed E-state index contributed by atoms with van der Waals surface area (Å²) in [7, 11) is 0. The van der Waals surface area contributed by atoms with Crippen molar-refractivity contribution in [2.45, 2.75) is 19.5 Å². The van der Waals surface area contributed by atoms with Gasteiger partial charge in [-0.1, -0.05) is 0 Å². The van der Waals surface area contributed by atoms with Gasteiger partial charge < -0.3 is 15.5 Å². The van der Waals surface area contributed by atoms with E-state index in [0.29, 0.717) is 6.54 Å². The summed E-state index contributed by atoms with van der Waals surface area (Å²) in [5.74, 6) is 1.97. The van der Waals surface area contributed by atoms with Crippen molar-refractivity contribution < 1.29 is 4.42 Å². The van der Waals surface area contributed by atoms with E-state index in [2.05, 4.69) is 11.4 Å². The van der Waals surface area contributed by atoms with Crippen molar-refractivity contribution in [3.63, 3.8) is 0 Å². The maximum atomic E-state index is 5.47. The van der Waals surface area contributed by atoms with Crippen LogP contribution in [0.4, 0.5) is 0 Å². The van der Waals surface area contributed by atoms with Gasteiger partial charge in [-0.2, -0.15) is 0 Å². The molecule has 0 fully saturated rings. The van der Waals surface area contributed by atoms with Crippen LogP contribution in [0.5, 0.6) is 0 Å². The molecule has 0 atom stereocenters. The summed E-state index contributed by atoms with van der Waals surface area (Å²) in [6.45, 7) is 2.42. The fourth-order valence-electron chi connectivity index (χ4n) is 1.41. The minimum Gasteiger partial charge on any atom is -0.463 e. The zero-order chi connectivity index (χ0) is 7.68. The normalized spacial score (nSPS) is 16.5. The Morgan fingerprint density at radius 1 is 1.64 bits per heavy atom. The van der Waals surface area contributed by atoms with Crippen LogP contribution in [0.25, 0.3) is 0 Å². The van der Waals surface area contributed by atoms with E-state index < -0.39 is 0 Å². The number of fused-ring (bicyclic) bond motifs is 1. The van der Waals surface area contributed by atoms with Crippen LogP contribution in [0.3, 0.4) is 0 Å². The van der Waals surface area contributed by atoms with E-state index in [4.69, 9.17) is 10.2 Å². The first-order valence-electron chi connectivity index (χ1n) is 3.91. The van der Waals surface area contributed by atoms with Gasteiger partial charge in [0.1, 0.15) is 11.5 Å². The minimum atomic E-state index is 0.507. The molecule has 11 heavy (non-hydrogen) atoms. The first-order valence-corrected chi connectivity index (χ1v) is 3.91. The highest BCUT2D eigenvalue weighted by Gasteiger charge is 2.13. The van der Waals surface area contributed by atoms with Gasteiger partial charge in [0.15, 0.2) is 0 Å². The molecule has 3 N–H and O–H groups in total. The summed E-state index contributed by atoms with van der Waals surface area (Å²) in [6.07, 6.45) is 1.07. The molecule has 0 aliphatic carbocycles. The van der Waals surface area contributed by atoms with Gasteiger partial charge in [-0.15, -0.1) is 0 Å². The van der Waals surface area contributed by atoms with E-state index in [0.717, 1.165) is 31.0 Å². The first kappa shape index (κ1) is 6.88. The van der Waals surface area contributed by atoms with Crippen molar-refractivity contribution in [1.82, 2.24) is 5.32 Å². The van der Waals surface area contributed by atoms with E-state index in [-0.39, 0.29) is 0 Å². The van der Waals surface area contributed by atoms with Crippen LogP contribution in [0.15, 0.2) is 10.5 Å². The molecule has 0 radical (unpaired) electrons. The number of rotatable bonds is 1. The summed E-state index contributed by atoms with van der Waals surface area (Å²) in [4.78, 5) is 0. The number of hydrogen-bond acceptors (Lipinski definition) is 3. The molecule has 1 aliphatic rings. The van der Waals surface area contributed by atoms with Gasteiger partial charge in [0.2, 0.25) is 0 Å². The molecular formula is C8H12N2O. The lowest BCUT2D eigenvalue weighted by Gasteiger charge is -2.09. The first-order chi connectivity index (χ1) is 5.40. The Morgan fingerprint density at radius 3 is 3.27 bits per heavy atom. The molecule has 1 aromatic rings. The SMILES string of the molecule is NCc1cc2c(o1)CNCC2. The lowest BCUT2D eigenvalue weighted by atomic mass is 10.1. The van der Waals surface area contributed by atoms with Crippen molar-refractivity contribution in [2.24, 2.45) is 5.73 Å². The maximum Gasteiger partial charge on any atom is 0.121 e. The molecule has 0 aromatic carbocycles. The highest BCUT2D eigenvalue weighted by Crippen LogP contribution is 2.18. The van der Waals surface area contributed by atoms with Crippen molar-refractivity contribution >= 4 is 0 Å². The monoisotopic (exact) mass is 152 g/mol. The van der Waals surface area contributed by atoms with Gasteiger partial charge in [0.25, 0.3) is 0 Å². The van der Waals surface area contributed by atoms with Crippen LogP contribution < -0.4 is 11.1 Å². The maximum absolute atomic E-state index is 5.47. The van der Waals surface area contributed by atoms with Crippen LogP contribution in [0, 0.1) is 0 Å². The average Bonchev–Trinajstić information content (AvgIpc) is 2.46. The molecule has 0 spiro atoms. The Morgan fingerprint density at radius 2 is 2.55 bits per heavy atom. The quantitative estimate of drug-likeness (QED) is 0.611. The summed E-state index contributed by atoms with van der Waals surface area (Å²) >= 11 is 0. The molecule has 0 saturated carbocycles. The van der Waals surface area contributed by atoms with Crippen LogP contribution in [-0.2, 0) is 19.5 Å². The number of nitrogens with two attached hydrogens (primary N) is 1. The minimum absolute atomic E-state index is 0.507. The zero-order valence-electron chi connectivity index (χ0n) is 6.39. The third kappa shape index (κ3) is 1.17. The topological polar surface area (TPSA) is 51.2 Å². The fraction of sp³-hybridized carbons (Fsp3) is 0.500. The molecule has 1 aliphatic heterocycles. The molecule has 0 amide bonds. The molecule has 3 heteroatoms. The van der Waals surface area contributed by atoms with Crippen LogP contribution in [-0.4, -0.2) is 6.54 Å². The van der Waals surface area contributed by atoms with Crippen LogP contribution in [0.1, 0.15) is 17.1 Å². The molecule has 3 nitrogen and oxygen atoms in total. The van der Waals surface area contributed by atoms with Gasteiger partial charge in [-0.25, -0.2) is 0 Å². The molecule has 2 heterocycles. The Labute approximate surface area is 65.6 Å². The second-order valence-electron chi connectivity index (χ2n) is 2.79. The highest BCUT2D eigenvalue weighted by atomic mass is 16.3. The summed E-state index contributed by atoms with van der Waals surface area (Å²) in [5.41, 5.74) is 6.77. The zero-order valence-corrected chi connectivity index (χ0v) is 6.39. The Hall–Kier alpha value is -0.800. The molecule has 0 unspecified atom stereocenters. The van der Waals surface area contributed by atoms with Crippen LogP contribution in [0.2, 0.25) is 0 Å². The summed E-state index contributed by atoms with van der Waals surface area (Å²) < 4.78 is 5.47. The highest BCUT2D eigenvalue weighted by molar-refractivity contribution is 5.23. The Kier molecular flexibility index (Phi) is 1.68. The lowest BCUT2D eigenvalue weighted by Crippen LogP contribution is -2.22. The predicted molar refractivity (Wildman–Crippen MR) is 42.0 cm³/mol. The summed E-state index contributed by atoms with van der Waals surface area (Å²) in [5, 5.41) is 3.24. The molecule has 0 saturated heterocycles. The third-order valence-electron chi connectivity index (χ3n) is 2.01. The predicted octanol–water partition coefficient (Wildman–Crippen LogP) is 0.384. The largest absolute Gasteiger partial charge is 0.463 e. The molecule has 0 bridgehead atoms. The third-order valence-corrected chi connectivity index (χ3v) is 2.01. The van der Waals surface area contributed by atoms with Crippen molar-refractivity contribution in [1.29, 1.82) is 0 Å². The molecule has 60 valence electrons. The van der Waals surface area contributed by atoms with E-state index in [1.807, 2.05) is 0 Å². The second-order valence-corrected chi connectivity index (χ2v) is 2.79. The fourth-order valence-corrected chi connectivity index (χ4v) is 1.41. The van der Waals surface area contributed by atoms with E-state index in [1.165, 1.54) is 5.56 Å². The molecular weight excluding hydrogens is 140 g/mol. The van der Waals surface area contributed by atoms with Crippen molar-refractivity contribution in [3.05, 3.63) is 23.2 Å². The lowest BCUT2D eigenvalue weighted by molar-refractivity contribution is 0.434. The van der Waals surface area contributed by atoms with Gasteiger partial charge in [0.05, 0.1) is 13.1 Å². The van der Waals surface area contributed by atoms with Gasteiger partial charge in [-0.3, -0.25) is 0 Å². The number of hydrogen-bond donors (Lipinski definition) is 2. The smallest absolute Gasteiger partial charge is 0.121 e. The molecule has 1 aromatic heterocycles. The van der Waals surface area contributed by atoms with Crippen molar-refractivity contribution in [2.75, 3.05) is 6.54 Å².